The number of amides is 1. The zero-order valence-corrected chi connectivity index (χ0v) is 13.5. The van der Waals surface area contributed by atoms with Crippen LogP contribution in [0.4, 0.5) is 0 Å². The van der Waals surface area contributed by atoms with Gasteiger partial charge in [0.05, 0.1) is 5.25 Å². The minimum Gasteiger partial charge on any atom is -0.351 e. The van der Waals surface area contributed by atoms with Gasteiger partial charge in [0, 0.05) is 11.4 Å². The van der Waals surface area contributed by atoms with Gasteiger partial charge in [-0.25, -0.2) is 0 Å². The number of hydrogen-bond acceptors (Lipinski definition) is 2. The number of thioether (sulfide) groups is 1. The molecule has 0 saturated heterocycles. The Balaban J connectivity index is 1.92. The zero-order valence-electron chi connectivity index (χ0n) is 12.7. The van der Waals surface area contributed by atoms with E-state index in [9.17, 15) is 4.79 Å². The summed E-state index contributed by atoms with van der Waals surface area (Å²) < 4.78 is 0. The molecule has 2 aromatic carbocycles. The van der Waals surface area contributed by atoms with Crippen molar-refractivity contribution in [2.24, 2.45) is 0 Å². The van der Waals surface area contributed by atoms with Crippen molar-refractivity contribution in [1.29, 1.82) is 0 Å². The fourth-order valence-electron chi connectivity index (χ4n) is 2.01. The number of hydrogen-bond donors (Lipinski definition) is 1. The predicted octanol–water partition coefficient (Wildman–Crippen LogP) is 4.10. The average molecular weight is 299 g/mol. The molecular formula is C18H21NOS. The van der Waals surface area contributed by atoms with Gasteiger partial charge < -0.3 is 5.32 Å². The molecule has 2 rings (SSSR count). The van der Waals surface area contributed by atoms with Crippen LogP contribution in [-0.2, 0) is 11.3 Å². The van der Waals surface area contributed by atoms with Gasteiger partial charge in [-0.15, -0.1) is 11.8 Å². The number of rotatable bonds is 5. The van der Waals surface area contributed by atoms with Gasteiger partial charge in [-0.3, -0.25) is 4.79 Å². The maximum absolute atomic E-state index is 12.2. The van der Waals surface area contributed by atoms with Crippen molar-refractivity contribution >= 4 is 17.7 Å². The Morgan fingerprint density at radius 2 is 1.86 bits per heavy atom. The topological polar surface area (TPSA) is 29.1 Å². The summed E-state index contributed by atoms with van der Waals surface area (Å²) in [5, 5.41) is 2.89. The van der Waals surface area contributed by atoms with Gasteiger partial charge in [-0.2, -0.15) is 0 Å². The van der Waals surface area contributed by atoms with E-state index in [0.29, 0.717) is 6.54 Å². The lowest BCUT2D eigenvalue weighted by Crippen LogP contribution is -2.30. The van der Waals surface area contributed by atoms with Crippen LogP contribution < -0.4 is 5.32 Å². The second kappa shape index (κ2) is 7.32. The summed E-state index contributed by atoms with van der Waals surface area (Å²) in [6, 6.07) is 16.3. The number of carbonyl (C=O) groups is 1. The summed E-state index contributed by atoms with van der Waals surface area (Å²) in [7, 11) is 0. The largest absolute Gasteiger partial charge is 0.351 e. The summed E-state index contributed by atoms with van der Waals surface area (Å²) in [5.41, 5.74) is 3.56. The van der Waals surface area contributed by atoms with Crippen LogP contribution in [-0.4, -0.2) is 11.2 Å². The highest BCUT2D eigenvalue weighted by Gasteiger charge is 2.15. The molecule has 1 amide bonds. The van der Waals surface area contributed by atoms with Crippen LogP contribution in [0.1, 0.15) is 23.6 Å². The van der Waals surface area contributed by atoms with Crippen molar-refractivity contribution in [3.8, 4) is 0 Å². The fourth-order valence-corrected chi connectivity index (χ4v) is 3.09. The molecule has 21 heavy (non-hydrogen) atoms. The smallest absolute Gasteiger partial charge is 0.233 e. The third-order valence-corrected chi connectivity index (χ3v) is 4.59. The Hall–Kier alpha value is -1.74. The van der Waals surface area contributed by atoms with Crippen LogP contribution in [0.25, 0.3) is 0 Å². The third-order valence-electron chi connectivity index (χ3n) is 3.33. The highest BCUT2D eigenvalue weighted by Crippen LogP contribution is 2.27. The van der Waals surface area contributed by atoms with E-state index >= 15 is 0 Å². The lowest BCUT2D eigenvalue weighted by atomic mass is 10.2. The van der Waals surface area contributed by atoms with Crippen molar-refractivity contribution in [3.63, 3.8) is 0 Å². The molecule has 2 nitrogen and oxygen atoms in total. The average Bonchev–Trinajstić information content (AvgIpc) is 2.49. The molecule has 1 atom stereocenters. The Bertz CT molecular complexity index is 610. The number of benzene rings is 2. The van der Waals surface area contributed by atoms with Crippen LogP contribution in [0.15, 0.2) is 53.4 Å². The standard InChI is InChI=1S/C18H21NOS/c1-13-9-10-14(2)17(11-13)21-15(3)18(20)19-12-16-7-5-4-6-8-16/h4-11,15H,12H2,1-3H3,(H,19,20). The maximum Gasteiger partial charge on any atom is 0.233 e. The zero-order chi connectivity index (χ0) is 15.2. The summed E-state index contributed by atoms with van der Waals surface area (Å²) in [4.78, 5) is 13.4. The first kappa shape index (κ1) is 15.6. The van der Waals surface area contributed by atoms with Gasteiger partial charge in [-0.05, 0) is 38.0 Å². The van der Waals surface area contributed by atoms with Gasteiger partial charge >= 0.3 is 0 Å². The molecule has 1 unspecified atom stereocenters. The van der Waals surface area contributed by atoms with Crippen LogP contribution in [0.2, 0.25) is 0 Å². The molecule has 0 aliphatic carbocycles. The minimum atomic E-state index is -0.103. The van der Waals surface area contributed by atoms with Crippen molar-refractivity contribution in [2.75, 3.05) is 0 Å². The van der Waals surface area contributed by atoms with Crippen LogP contribution in [0, 0.1) is 13.8 Å². The van der Waals surface area contributed by atoms with Gasteiger partial charge in [0.15, 0.2) is 0 Å². The third kappa shape index (κ3) is 4.64. The van der Waals surface area contributed by atoms with Crippen molar-refractivity contribution in [2.45, 2.75) is 37.5 Å². The molecule has 2 aromatic rings. The number of aryl methyl sites for hydroxylation is 2. The van der Waals surface area contributed by atoms with Gasteiger partial charge in [0.1, 0.15) is 0 Å². The quantitative estimate of drug-likeness (QED) is 0.842. The Kier molecular flexibility index (Phi) is 5.45. The molecule has 0 spiro atoms. The predicted molar refractivity (Wildman–Crippen MR) is 89.5 cm³/mol. The van der Waals surface area contributed by atoms with E-state index in [0.717, 1.165) is 5.56 Å². The summed E-state index contributed by atoms with van der Waals surface area (Å²) in [6.45, 7) is 6.68. The summed E-state index contributed by atoms with van der Waals surface area (Å²) in [5.74, 6) is 0.0739. The Morgan fingerprint density at radius 1 is 1.14 bits per heavy atom. The first-order chi connectivity index (χ1) is 10.1. The molecule has 0 heterocycles. The molecule has 0 bridgehead atoms. The second-order valence-electron chi connectivity index (χ2n) is 5.23. The van der Waals surface area contributed by atoms with Crippen LogP contribution in [0.3, 0.4) is 0 Å². The number of carbonyl (C=O) groups excluding carboxylic acids is 1. The Morgan fingerprint density at radius 3 is 2.57 bits per heavy atom. The molecule has 0 aliphatic rings. The van der Waals surface area contributed by atoms with E-state index in [1.165, 1.54) is 16.0 Å². The second-order valence-corrected chi connectivity index (χ2v) is 6.62. The molecule has 0 radical (unpaired) electrons. The van der Waals surface area contributed by atoms with Crippen LogP contribution >= 0.6 is 11.8 Å². The monoisotopic (exact) mass is 299 g/mol. The SMILES string of the molecule is Cc1ccc(C)c(SC(C)C(=O)NCc2ccccc2)c1. The van der Waals surface area contributed by atoms with Crippen molar-refractivity contribution in [3.05, 3.63) is 65.2 Å². The van der Waals surface area contributed by atoms with Crippen molar-refractivity contribution < 1.29 is 4.79 Å². The first-order valence-electron chi connectivity index (χ1n) is 7.12. The van der Waals surface area contributed by atoms with Crippen LogP contribution in [0.5, 0.6) is 0 Å². The van der Waals surface area contributed by atoms with Crippen molar-refractivity contribution in [1.82, 2.24) is 5.32 Å². The van der Waals surface area contributed by atoms with Gasteiger partial charge in [-0.1, -0.05) is 48.0 Å². The van der Waals surface area contributed by atoms with E-state index in [2.05, 4.69) is 37.4 Å². The molecule has 0 aromatic heterocycles. The van der Waals surface area contributed by atoms with Gasteiger partial charge in [0.25, 0.3) is 0 Å². The first-order valence-corrected chi connectivity index (χ1v) is 8.00. The lowest BCUT2D eigenvalue weighted by molar-refractivity contribution is -0.120. The normalized spacial score (nSPS) is 12.0. The fraction of sp³-hybridized carbons (Fsp3) is 0.278. The number of nitrogens with one attached hydrogen (secondary N) is 1. The lowest BCUT2D eigenvalue weighted by Gasteiger charge is -2.14. The van der Waals surface area contributed by atoms with E-state index in [1.807, 2.05) is 37.3 Å². The Labute approximate surface area is 131 Å². The highest BCUT2D eigenvalue weighted by molar-refractivity contribution is 8.00. The summed E-state index contributed by atoms with van der Waals surface area (Å²) >= 11 is 1.62. The van der Waals surface area contributed by atoms with E-state index in [1.54, 1.807) is 11.8 Å². The van der Waals surface area contributed by atoms with E-state index in [-0.39, 0.29) is 11.2 Å². The molecule has 1 N–H and O–H groups in total. The molecular weight excluding hydrogens is 278 g/mol. The molecule has 3 heteroatoms. The van der Waals surface area contributed by atoms with E-state index < -0.39 is 0 Å². The highest BCUT2D eigenvalue weighted by atomic mass is 32.2. The molecule has 0 saturated carbocycles. The maximum atomic E-state index is 12.2. The molecule has 110 valence electrons. The van der Waals surface area contributed by atoms with Gasteiger partial charge in [0.2, 0.25) is 5.91 Å². The molecule has 0 aliphatic heterocycles. The van der Waals surface area contributed by atoms with E-state index in [4.69, 9.17) is 0 Å². The molecule has 0 fully saturated rings. The summed E-state index contributed by atoms with van der Waals surface area (Å²) in [6.07, 6.45) is 0. The minimum absolute atomic E-state index is 0.0739.